The topological polar surface area (TPSA) is 38.7 Å². The summed E-state index contributed by atoms with van der Waals surface area (Å²) in [6.07, 6.45) is 3.47. The number of aromatic nitrogens is 3. The van der Waals surface area contributed by atoms with Gasteiger partial charge in [0.05, 0.1) is 22.8 Å². The van der Waals surface area contributed by atoms with Gasteiger partial charge in [0.1, 0.15) is 0 Å². The van der Waals surface area contributed by atoms with E-state index >= 15 is 0 Å². The minimum atomic E-state index is -6.00. The van der Waals surface area contributed by atoms with Crippen molar-refractivity contribution in [2.45, 2.75) is 0 Å². The zero-order valence-electron chi connectivity index (χ0n) is 14.5. The van der Waals surface area contributed by atoms with Gasteiger partial charge < -0.3 is 34.5 Å². The van der Waals surface area contributed by atoms with Crippen LogP contribution in [0.3, 0.4) is 0 Å². The molecule has 0 spiro atoms. The van der Waals surface area contributed by atoms with Crippen molar-refractivity contribution in [1.82, 2.24) is 15.0 Å². The van der Waals surface area contributed by atoms with Crippen LogP contribution in [0.4, 0.5) is 34.5 Å². The first-order valence-electron chi connectivity index (χ1n) is 7.58. The molecule has 0 N–H and O–H groups in total. The maximum absolute atomic E-state index is 9.75. The summed E-state index contributed by atoms with van der Waals surface area (Å²) >= 11 is 6.15. The van der Waals surface area contributed by atoms with Crippen LogP contribution in [0.2, 0.25) is 5.02 Å². The first-order valence-corrected chi connectivity index (χ1v) is 7.96. The first-order chi connectivity index (χ1) is 13.3. The number of nitrogens with zero attached hydrogens (tertiary/aromatic N) is 3. The maximum Gasteiger partial charge on any atom is 2.00 e. The first kappa shape index (κ1) is 28.0. The van der Waals surface area contributed by atoms with Crippen LogP contribution in [0, 0.1) is 0 Å². The van der Waals surface area contributed by atoms with Gasteiger partial charge in [0.25, 0.3) is 0 Å². The molecule has 0 atom stereocenters. The SMILES string of the molecule is Clc1cc(-c2ccccn2)nc(-c2ccccn2)c1.F[B-](F)(F)F.F[B-](F)(F)F.[Pt+2]. The Bertz CT molecular complexity index is 805. The molecule has 30 heavy (non-hydrogen) atoms. The van der Waals surface area contributed by atoms with Crippen LogP contribution in [0.5, 0.6) is 0 Å². The van der Waals surface area contributed by atoms with Crippen molar-refractivity contribution in [1.29, 1.82) is 0 Å². The molecular formula is C15H10B2ClF8N3Pt. The molecule has 0 aliphatic rings. The monoisotopic (exact) mass is 636 g/mol. The molecule has 0 aliphatic carbocycles. The van der Waals surface area contributed by atoms with Crippen molar-refractivity contribution in [2.24, 2.45) is 0 Å². The Balaban J connectivity index is 0.000000646. The Kier molecular flexibility index (Phi) is 11.8. The molecule has 0 unspecified atom stereocenters. The van der Waals surface area contributed by atoms with Crippen LogP contribution in [-0.4, -0.2) is 29.5 Å². The van der Waals surface area contributed by atoms with E-state index in [4.69, 9.17) is 11.6 Å². The summed E-state index contributed by atoms with van der Waals surface area (Å²) < 4.78 is 78.0. The van der Waals surface area contributed by atoms with Crippen LogP contribution in [0.25, 0.3) is 22.8 Å². The molecule has 0 amide bonds. The van der Waals surface area contributed by atoms with Crippen molar-refractivity contribution in [3.05, 3.63) is 65.9 Å². The standard InChI is InChI=1S/C15H10ClN3.2BF4.Pt/c16-11-9-14(12-5-1-3-7-17-12)19-15(10-11)13-6-2-4-8-18-13;2*2-1(3,4)5;/h1-10H;;;/q;2*-1;+2. The van der Waals surface area contributed by atoms with Crippen LogP contribution in [0.15, 0.2) is 60.9 Å². The fraction of sp³-hybridized carbons (Fsp3) is 0. The van der Waals surface area contributed by atoms with Crippen LogP contribution >= 0.6 is 11.6 Å². The second-order valence-corrected chi connectivity index (χ2v) is 5.41. The van der Waals surface area contributed by atoms with Gasteiger partial charge in [-0.1, -0.05) is 23.7 Å². The Morgan fingerprint density at radius 1 is 0.600 bits per heavy atom. The second kappa shape index (κ2) is 12.6. The van der Waals surface area contributed by atoms with Gasteiger partial charge >= 0.3 is 35.6 Å². The minimum Gasteiger partial charge on any atom is -0.418 e. The predicted molar refractivity (Wildman–Crippen MR) is 96.1 cm³/mol. The third kappa shape index (κ3) is 14.1. The molecule has 3 nitrogen and oxygen atoms in total. The molecule has 0 aliphatic heterocycles. The van der Waals surface area contributed by atoms with Gasteiger partial charge in [-0.15, -0.1) is 0 Å². The normalized spacial score (nSPS) is 10.6. The molecule has 0 radical (unpaired) electrons. The van der Waals surface area contributed by atoms with Gasteiger partial charge in [0.2, 0.25) is 0 Å². The average molecular weight is 636 g/mol. The van der Waals surface area contributed by atoms with E-state index < -0.39 is 14.5 Å². The quantitative estimate of drug-likeness (QED) is 0.240. The summed E-state index contributed by atoms with van der Waals surface area (Å²) in [4.78, 5) is 13.1. The van der Waals surface area contributed by atoms with Gasteiger partial charge in [-0.3, -0.25) is 9.97 Å². The van der Waals surface area contributed by atoms with E-state index in [1.165, 1.54) is 0 Å². The van der Waals surface area contributed by atoms with Crippen molar-refractivity contribution < 1.29 is 55.6 Å². The van der Waals surface area contributed by atoms with Gasteiger partial charge in [-0.2, -0.15) is 0 Å². The third-order valence-corrected chi connectivity index (χ3v) is 2.86. The summed E-state index contributed by atoms with van der Waals surface area (Å²) in [5, 5.41) is 0.622. The molecule has 0 aromatic carbocycles. The molecule has 0 saturated carbocycles. The summed E-state index contributed by atoms with van der Waals surface area (Å²) in [5.74, 6) is 0. The molecule has 164 valence electrons. The van der Waals surface area contributed by atoms with Gasteiger partial charge in [-0.25, -0.2) is 4.98 Å². The minimum absolute atomic E-state index is 0. The number of hydrogen-bond acceptors (Lipinski definition) is 3. The summed E-state index contributed by atoms with van der Waals surface area (Å²) in [6.45, 7) is 0. The van der Waals surface area contributed by atoms with Crippen LogP contribution in [0.1, 0.15) is 0 Å². The van der Waals surface area contributed by atoms with Crippen LogP contribution in [-0.2, 0) is 21.1 Å². The maximum atomic E-state index is 9.75. The average Bonchev–Trinajstić information content (AvgIpc) is 2.60. The van der Waals surface area contributed by atoms with Crippen molar-refractivity contribution >= 4 is 26.1 Å². The molecular weight excluding hydrogens is 626 g/mol. The largest absolute Gasteiger partial charge is 2.00 e. The molecule has 3 rings (SSSR count). The molecule has 3 heterocycles. The van der Waals surface area contributed by atoms with Gasteiger partial charge in [-0.05, 0) is 36.4 Å². The fourth-order valence-electron chi connectivity index (χ4n) is 1.79. The van der Waals surface area contributed by atoms with Gasteiger partial charge in [0, 0.05) is 17.4 Å². The Labute approximate surface area is 185 Å². The van der Waals surface area contributed by atoms with Crippen molar-refractivity contribution in [3.63, 3.8) is 0 Å². The number of pyridine rings is 3. The number of hydrogen-bond donors (Lipinski definition) is 0. The molecule has 3 aromatic rings. The Hall–Kier alpha value is -2.00. The van der Waals surface area contributed by atoms with Gasteiger partial charge in [0.15, 0.2) is 0 Å². The van der Waals surface area contributed by atoms with E-state index in [0.29, 0.717) is 5.02 Å². The smallest absolute Gasteiger partial charge is 0.418 e. The number of rotatable bonds is 2. The fourth-order valence-corrected chi connectivity index (χ4v) is 1.99. The summed E-state index contributed by atoms with van der Waals surface area (Å²) in [7, 11) is -12.0. The Morgan fingerprint density at radius 3 is 1.20 bits per heavy atom. The predicted octanol–water partition coefficient (Wildman–Crippen LogP) is 6.46. The molecule has 0 saturated heterocycles. The van der Waals surface area contributed by atoms with E-state index in [-0.39, 0.29) is 21.1 Å². The molecule has 0 fully saturated rings. The summed E-state index contributed by atoms with van der Waals surface area (Å²) in [6, 6.07) is 15.0. The zero-order valence-corrected chi connectivity index (χ0v) is 17.5. The van der Waals surface area contributed by atoms with E-state index in [2.05, 4.69) is 15.0 Å². The third-order valence-electron chi connectivity index (χ3n) is 2.64. The second-order valence-electron chi connectivity index (χ2n) is 4.98. The molecule has 3 aromatic heterocycles. The van der Waals surface area contributed by atoms with E-state index in [1.807, 2.05) is 36.4 Å². The van der Waals surface area contributed by atoms with Crippen LogP contribution < -0.4 is 0 Å². The summed E-state index contributed by atoms with van der Waals surface area (Å²) in [5.41, 5.74) is 3.08. The van der Waals surface area contributed by atoms with E-state index in [0.717, 1.165) is 22.8 Å². The van der Waals surface area contributed by atoms with E-state index in [1.54, 1.807) is 24.5 Å². The van der Waals surface area contributed by atoms with Crippen molar-refractivity contribution in [2.75, 3.05) is 0 Å². The van der Waals surface area contributed by atoms with E-state index in [9.17, 15) is 34.5 Å². The number of halogens is 9. The Morgan fingerprint density at radius 2 is 0.933 bits per heavy atom. The molecule has 15 heteroatoms. The van der Waals surface area contributed by atoms with Crippen molar-refractivity contribution in [3.8, 4) is 22.8 Å². The molecule has 0 bridgehead atoms. The zero-order chi connectivity index (χ0) is 22.1.